The van der Waals surface area contributed by atoms with Crippen LogP contribution in [-0.2, 0) is 9.47 Å². The quantitative estimate of drug-likeness (QED) is 0.792. The zero-order valence-corrected chi connectivity index (χ0v) is 12.2. The SMILES string of the molecule is COC(=O)c1cc(C2SCCS2)cnc1C(=O)OC. The number of pyridine rings is 1. The number of hydrogen-bond acceptors (Lipinski definition) is 7. The molecule has 19 heavy (non-hydrogen) atoms. The first-order valence-corrected chi connectivity index (χ1v) is 7.67. The Labute approximate surface area is 119 Å². The fourth-order valence-corrected chi connectivity index (χ4v) is 4.49. The van der Waals surface area contributed by atoms with Gasteiger partial charge < -0.3 is 9.47 Å². The summed E-state index contributed by atoms with van der Waals surface area (Å²) in [5.41, 5.74) is 1.06. The van der Waals surface area contributed by atoms with Gasteiger partial charge in [0, 0.05) is 17.7 Å². The van der Waals surface area contributed by atoms with E-state index < -0.39 is 11.9 Å². The molecule has 0 bridgehead atoms. The van der Waals surface area contributed by atoms with Gasteiger partial charge in [0.1, 0.15) is 0 Å². The van der Waals surface area contributed by atoms with Crippen LogP contribution in [0.5, 0.6) is 0 Å². The van der Waals surface area contributed by atoms with E-state index in [0.717, 1.165) is 17.1 Å². The minimum absolute atomic E-state index is 0.00824. The van der Waals surface area contributed by atoms with E-state index in [-0.39, 0.29) is 15.8 Å². The molecule has 0 N–H and O–H groups in total. The molecule has 0 atom stereocenters. The van der Waals surface area contributed by atoms with Gasteiger partial charge in [0.15, 0.2) is 5.69 Å². The van der Waals surface area contributed by atoms with Gasteiger partial charge in [0.25, 0.3) is 0 Å². The summed E-state index contributed by atoms with van der Waals surface area (Å²) in [6.07, 6.45) is 1.62. The first kappa shape index (κ1) is 14.2. The number of ether oxygens (including phenoxy) is 2. The molecule has 102 valence electrons. The van der Waals surface area contributed by atoms with Crippen LogP contribution in [0.2, 0.25) is 0 Å². The summed E-state index contributed by atoms with van der Waals surface area (Å²) in [6.45, 7) is 0. The fourth-order valence-electron chi connectivity index (χ4n) is 1.69. The van der Waals surface area contributed by atoms with Gasteiger partial charge in [-0.2, -0.15) is 0 Å². The molecule has 1 aromatic heterocycles. The second-order valence-electron chi connectivity index (χ2n) is 3.72. The second kappa shape index (κ2) is 6.29. The molecule has 5 nitrogen and oxygen atoms in total. The molecule has 0 aromatic carbocycles. The van der Waals surface area contributed by atoms with Gasteiger partial charge in [-0.15, -0.1) is 23.5 Å². The Bertz CT molecular complexity index is 501. The van der Waals surface area contributed by atoms with Gasteiger partial charge in [0.2, 0.25) is 0 Å². The highest BCUT2D eigenvalue weighted by molar-refractivity contribution is 8.19. The lowest BCUT2D eigenvalue weighted by atomic mass is 10.1. The Kier molecular flexibility index (Phi) is 4.71. The molecule has 1 aliphatic heterocycles. The molecule has 2 heterocycles. The standard InChI is InChI=1S/C12H13NO4S2/c1-16-10(14)8-5-7(12-18-3-4-19-12)6-13-9(8)11(15)17-2/h5-6,12H,3-4H2,1-2H3. The van der Waals surface area contributed by atoms with Gasteiger partial charge >= 0.3 is 11.9 Å². The molecule has 0 amide bonds. The molecule has 1 aromatic rings. The highest BCUT2D eigenvalue weighted by Crippen LogP contribution is 2.45. The normalized spacial score (nSPS) is 15.3. The molecule has 0 radical (unpaired) electrons. The van der Waals surface area contributed by atoms with Crippen molar-refractivity contribution in [3.05, 3.63) is 29.1 Å². The summed E-state index contributed by atoms with van der Waals surface area (Å²) in [5.74, 6) is 0.921. The second-order valence-corrected chi connectivity index (χ2v) is 6.45. The molecular weight excluding hydrogens is 286 g/mol. The lowest BCUT2D eigenvalue weighted by Crippen LogP contribution is -2.14. The van der Waals surface area contributed by atoms with Crippen molar-refractivity contribution in [2.75, 3.05) is 25.7 Å². The van der Waals surface area contributed by atoms with E-state index in [4.69, 9.17) is 0 Å². The van der Waals surface area contributed by atoms with Crippen LogP contribution < -0.4 is 0 Å². The topological polar surface area (TPSA) is 65.5 Å². The number of hydrogen-bond donors (Lipinski definition) is 0. The summed E-state index contributed by atoms with van der Waals surface area (Å²) >= 11 is 3.60. The zero-order valence-electron chi connectivity index (χ0n) is 10.5. The number of methoxy groups -OCH3 is 2. The molecule has 1 aliphatic rings. The van der Waals surface area contributed by atoms with E-state index in [9.17, 15) is 9.59 Å². The Hall–Kier alpha value is -1.21. The van der Waals surface area contributed by atoms with Crippen LogP contribution in [0.25, 0.3) is 0 Å². The molecule has 0 unspecified atom stereocenters. The van der Waals surface area contributed by atoms with Crippen LogP contribution in [0.15, 0.2) is 12.3 Å². The van der Waals surface area contributed by atoms with Crippen LogP contribution in [0.3, 0.4) is 0 Å². The zero-order chi connectivity index (χ0) is 13.8. The molecular formula is C12H13NO4S2. The van der Waals surface area contributed by atoms with Crippen molar-refractivity contribution in [1.82, 2.24) is 4.98 Å². The monoisotopic (exact) mass is 299 g/mol. The number of thioether (sulfide) groups is 2. The van der Waals surface area contributed by atoms with Gasteiger partial charge in [-0.3, -0.25) is 0 Å². The number of aromatic nitrogens is 1. The Morgan fingerprint density at radius 2 is 1.84 bits per heavy atom. The third-order valence-electron chi connectivity index (χ3n) is 2.59. The lowest BCUT2D eigenvalue weighted by Gasteiger charge is -2.11. The number of rotatable bonds is 3. The first-order chi connectivity index (χ1) is 9.17. The smallest absolute Gasteiger partial charge is 0.357 e. The van der Waals surface area contributed by atoms with Gasteiger partial charge in [-0.1, -0.05) is 0 Å². The van der Waals surface area contributed by atoms with Crippen molar-refractivity contribution < 1.29 is 19.1 Å². The minimum atomic E-state index is -0.640. The summed E-state index contributed by atoms with van der Waals surface area (Å²) in [5, 5.41) is 0. The van der Waals surface area contributed by atoms with Crippen molar-refractivity contribution in [3.8, 4) is 0 Å². The van der Waals surface area contributed by atoms with Crippen molar-refractivity contribution in [2.24, 2.45) is 0 Å². The largest absolute Gasteiger partial charge is 0.465 e. The highest BCUT2D eigenvalue weighted by Gasteiger charge is 2.25. The van der Waals surface area contributed by atoms with Crippen molar-refractivity contribution in [1.29, 1.82) is 0 Å². The van der Waals surface area contributed by atoms with Crippen molar-refractivity contribution in [2.45, 2.75) is 4.58 Å². The van der Waals surface area contributed by atoms with E-state index in [2.05, 4.69) is 14.5 Å². The third-order valence-corrected chi connectivity index (χ3v) is 5.69. The summed E-state index contributed by atoms with van der Waals surface area (Å²) in [7, 11) is 2.52. The molecule has 0 spiro atoms. The maximum atomic E-state index is 11.7. The van der Waals surface area contributed by atoms with E-state index in [1.54, 1.807) is 35.8 Å². The van der Waals surface area contributed by atoms with E-state index in [1.165, 1.54) is 14.2 Å². The summed E-state index contributed by atoms with van der Waals surface area (Å²) in [6, 6.07) is 1.67. The van der Waals surface area contributed by atoms with Crippen LogP contribution in [0.4, 0.5) is 0 Å². The van der Waals surface area contributed by atoms with Crippen LogP contribution in [-0.4, -0.2) is 42.6 Å². The van der Waals surface area contributed by atoms with Crippen LogP contribution in [0.1, 0.15) is 31.0 Å². The average molecular weight is 299 g/mol. The fraction of sp³-hybridized carbons (Fsp3) is 0.417. The summed E-state index contributed by atoms with van der Waals surface area (Å²) in [4.78, 5) is 27.4. The lowest BCUT2D eigenvalue weighted by molar-refractivity contribution is 0.0549. The van der Waals surface area contributed by atoms with Crippen molar-refractivity contribution >= 4 is 35.5 Å². The third kappa shape index (κ3) is 3.03. The highest BCUT2D eigenvalue weighted by atomic mass is 32.2. The van der Waals surface area contributed by atoms with Crippen molar-refractivity contribution in [3.63, 3.8) is 0 Å². The molecule has 0 aliphatic carbocycles. The first-order valence-electron chi connectivity index (χ1n) is 5.57. The number of carbonyl (C=O) groups excluding carboxylic acids is 2. The maximum absolute atomic E-state index is 11.7. The van der Waals surface area contributed by atoms with Gasteiger partial charge in [-0.25, -0.2) is 14.6 Å². The van der Waals surface area contributed by atoms with E-state index in [0.29, 0.717) is 0 Å². The predicted octanol–water partition coefficient (Wildman–Crippen LogP) is 2.13. The Morgan fingerprint density at radius 1 is 1.21 bits per heavy atom. The molecule has 0 saturated carbocycles. The van der Waals surface area contributed by atoms with Gasteiger partial charge in [-0.05, 0) is 11.6 Å². The number of nitrogens with zero attached hydrogens (tertiary/aromatic N) is 1. The average Bonchev–Trinajstić information content (AvgIpc) is 2.99. The van der Waals surface area contributed by atoms with Gasteiger partial charge in [0.05, 0.1) is 24.4 Å². The van der Waals surface area contributed by atoms with E-state index >= 15 is 0 Å². The number of carbonyl (C=O) groups is 2. The minimum Gasteiger partial charge on any atom is -0.465 e. The van der Waals surface area contributed by atoms with Crippen LogP contribution >= 0.6 is 23.5 Å². The summed E-state index contributed by atoms with van der Waals surface area (Å²) < 4.78 is 9.56. The maximum Gasteiger partial charge on any atom is 0.357 e. The molecule has 1 fully saturated rings. The molecule has 2 rings (SSSR count). The molecule has 1 saturated heterocycles. The predicted molar refractivity (Wildman–Crippen MR) is 74.6 cm³/mol. The Morgan fingerprint density at radius 3 is 2.42 bits per heavy atom. The Balaban J connectivity index is 2.40. The molecule has 7 heteroatoms. The van der Waals surface area contributed by atoms with Crippen LogP contribution in [0, 0.1) is 0 Å². The van der Waals surface area contributed by atoms with E-state index in [1.807, 2.05) is 0 Å². The number of esters is 2.